The second-order valence-electron chi connectivity index (χ2n) is 9.20. The topological polar surface area (TPSA) is 78.4 Å². The van der Waals surface area contributed by atoms with E-state index in [0.717, 1.165) is 43.7 Å². The van der Waals surface area contributed by atoms with Crippen molar-refractivity contribution in [2.45, 2.75) is 65.3 Å². The van der Waals surface area contributed by atoms with E-state index in [0.29, 0.717) is 36.8 Å². The first kappa shape index (κ1) is 21.7. The standard InChI is InChI=1S/C22H35N5O2/c1-15-16(2)24-20(17(3)23-15)21(29)25-22(4)8-11-27(12-9-22)19(28)13-18-7-6-10-26(5)14-18/h18H,6-14H2,1-5H3,(H,25,29). The largest absolute Gasteiger partial charge is 0.345 e. The Labute approximate surface area is 174 Å². The summed E-state index contributed by atoms with van der Waals surface area (Å²) in [5.74, 6) is 0.556. The lowest BCUT2D eigenvalue weighted by molar-refractivity contribution is -0.134. The van der Waals surface area contributed by atoms with Gasteiger partial charge in [0.1, 0.15) is 5.69 Å². The van der Waals surface area contributed by atoms with Crippen molar-refractivity contribution in [1.29, 1.82) is 0 Å². The number of aromatic nitrogens is 2. The highest BCUT2D eigenvalue weighted by Gasteiger charge is 2.34. The molecular weight excluding hydrogens is 366 g/mol. The van der Waals surface area contributed by atoms with Crippen LogP contribution in [0.25, 0.3) is 0 Å². The molecule has 2 aliphatic rings. The lowest BCUT2D eigenvalue weighted by Gasteiger charge is -2.40. The summed E-state index contributed by atoms with van der Waals surface area (Å²) in [6.45, 7) is 11.2. The minimum Gasteiger partial charge on any atom is -0.345 e. The molecule has 0 saturated carbocycles. The lowest BCUT2D eigenvalue weighted by Crippen LogP contribution is -2.54. The van der Waals surface area contributed by atoms with Gasteiger partial charge in [0.05, 0.1) is 17.1 Å². The number of carbonyl (C=O) groups is 2. The molecule has 7 nitrogen and oxygen atoms in total. The summed E-state index contributed by atoms with van der Waals surface area (Å²) in [5, 5.41) is 3.16. The Morgan fingerprint density at radius 1 is 1.07 bits per heavy atom. The Morgan fingerprint density at radius 3 is 2.38 bits per heavy atom. The minimum absolute atomic E-state index is 0.175. The highest BCUT2D eigenvalue weighted by atomic mass is 16.2. The van der Waals surface area contributed by atoms with Gasteiger partial charge in [-0.25, -0.2) is 4.98 Å². The molecule has 1 atom stereocenters. The molecule has 0 bridgehead atoms. The fourth-order valence-corrected chi connectivity index (χ4v) is 4.45. The maximum Gasteiger partial charge on any atom is 0.272 e. The van der Waals surface area contributed by atoms with Crippen LogP contribution in [-0.2, 0) is 4.79 Å². The lowest BCUT2D eigenvalue weighted by atomic mass is 9.88. The van der Waals surface area contributed by atoms with Gasteiger partial charge in [0, 0.05) is 31.6 Å². The van der Waals surface area contributed by atoms with Gasteiger partial charge >= 0.3 is 0 Å². The number of likely N-dealkylation sites (tertiary alicyclic amines) is 2. The first-order valence-electron chi connectivity index (χ1n) is 10.8. The highest BCUT2D eigenvalue weighted by molar-refractivity contribution is 5.93. The zero-order valence-corrected chi connectivity index (χ0v) is 18.5. The van der Waals surface area contributed by atoms with Gasteiger partial charge < -0.3 is 15.1 Å². The minimum atomic E-state index is -0.328. The average Bonchev–Trinajstić information content (AvgIpc) is 2.65. The Hall–Kier alpha value is -2.02. The van der Waals surface area contributed by atoms with Crippen molar-refractivity contribution in [2.75, 3.05) is 33.2 Å². The van der Waals surface area contributed by atoms with E-state index in [1.165, 1.54) is 6.42 Å². The summed E-state index contributed by atoms with van der Waals surface area (Å²) < 4.78 is 0. The van der Waals surface area contributed by atoms with Crippen molar-refractivity contribution >= 4 is 11.8 Å². The normalized spacial score (nSPS) is 22.4. The van der Waals surface area contributed by atoms with Gasteiger partial charge in [0.15, 0.2) is 0 Å². The van der Waals surface area contributed by atoms with Crippen LogP contribution in [0.3, 0.4) is 0 Å². The summed E-state index contributed by atoms with van der Waals surface area (Å²) in [5.41, 5.74) is 2.35. The second-order valence-corrected chi connectivity index (χ2v) is 9.20. The van der Waals surface area contributed by atoms with Crippen molar-refractivity contribution in [1.82, 2.24) is 25.1 Å². The van der Waals surface area contributed by atoms with Crippen molar-refractivity contribution in [3.63, 3.8) is 0 Å². The predicted molar refractivity (Wildman–Crippen MR) is 113 cm³/mol. The molecule has 0 aromatic carbocycles. The van der Waals surface area contributed by atoms with Crippen LogP contribution in [0.15, 0.2) is 0 Å². The second kappa shape index (κ2) is 8.78. The highest BCUT2D eigenvalue weighted by Crippen LogP contribution is 2.25. The van der Waals surface area contributed by atoms with E-state index in [1.807, 2.05) is 25.7 Å². The SMILES string of the molecule is Cc1nc(C)c(C(=O)NC2(C)CCN(C(=O)CC3CCCN(C)C3)CC2)nc1C. The molecule has 1 aromatic rings. The third kappa shape index (κ3) is 5.32. The van der Waals surface area contributed by atoms with Crippen LogP contribution >= 0.6 is 0 Å². The molecule has 2 amide bonds. The average molecular weight is 402 g/mol. The molecule has 1 N–H and O–H groups in total. The summed E-state index contributed by atoms with van der Waals surface area (Å²) in [7, 11) is 2.13. The van der Waals surface area contributed by atoms with E-state index >= 15 is 0 Å². The molecule has 2 aliphatic heterocycles. The molecule has 7 heteroatoms. The predicted octanol–water partition coefficient (Wildman–Crippen LogP) is 2.24. The van der Waals surface area contributed by atoms with Gasteiger partial charge in [0.25, 0.3) is 5.91 Å². The van der Waals surface area contributed by atoms with Gasteiger partial charge in [-0.3, -0.25) is 14.6 Å². The molecule has 0 radical (unpaired) electrons. The summed E-state index contributed by atoms with van der Waals surface area (Å²) in [4.78, 5) is 38.7. The first-order valence-corrected chi connectivity index (χ1v) is 10.8. The van der Waals surface area contributed by atoms with Crippen molar-refractivity contribution < 1.29 is 9.59 Å². The van der Waals surface area contributed by atoms with Gasteiger partial charge in [-0.05, 0) is 72.9 Å². The maximum absolute atomic E-state index is 12.8. The molecule has 2 saturated heterocycles. The Bertz CT molecular complexity index is 771. The Kier molecular flexibility index (Phi) is 6.56. The summed E-state index contributed by atoms with van der Waals surface area (Å²) in [6.07, 6.45) is 4.48. The number of nitrogens with zero attached hydrogens (tertiary/aromatic N) is 4. The molecule has 1 unspecified atom stereocenters. The number of piperidine rings is 2. The Balaban J connectivity index is 1.54. The number of amides is 2. The van der Waals surface area contributed by atoms with Gasteiger partial charge in [-0.15, -0.1) is 0 Å². The van der Waals surface area contributed by atoms with Crippen LogP contribution in [0.1, 0.15) is 66.6 Å². The van der Waals surface area contributed by atoms with E-state index in [1.54, 1.807) is 0 Å². The van der Waals surface area contributed by atoms with Crippen LogP contribution in [0, 0.1) is 26.7 Å². The van der Waals surface area contributed by atoms with Crippen LogP contribution in [-0.4, -0.2) is 70.3 Å². The van der Waals surface area contributed by atoms with Crippen molar-refractivity contribution in [3.8, 4) is 0 Å². The van der Waals surface area contributed by atoms with E-state index in [9.17, 15) is 9.59 Å². The number of hydrogen-bond donors (Lipinski definition) is 1. The molecule has 3 heterocycles. The fourth-order valence-electron chi connectivity index (χ4n) is 4.45. The molecule has 29 heavy (non-hydrogen) atoms. The number of carbonyl (C=O) groups excluding carboxylic acids is 2. The van der Waals surface area contributed by atoms with Crippen molar-refractivity contribution in [2.24, 2.45) is 5.92 Å². The molecule has 2 fully saturated rings. The van der Waals surface area contributed by atoms with Crippen LogP contribution in [0.2, 0.25) is 0 Å². The third-order valence-electron chi connectivity index (χ3n) is 6.52. The van der Waals surface area contributed by atoms with Crippen LogP contribution in [0.4, 0.5) is 0 Å². The number of rotatable bonds is 4. The molecule has 3 rings (SSSR count). The fraction of sp³-hybridized carbons (Fsp3) is 0.727. The number of aryl methyl sites for hydroxylation is 3. The summed E-state index contributed by atoms with van der Waals surface area (Å²) in [6, 6.07) is 0. The molecule has 1 aromatic heterocycles. The maximum atomic E-state index is 12.8. The Morgan fingerprint density at radius 2 is 1.72 bits per heavy atom. The van der Waals surface area contributed by atoms with Gasteiger partial charge in [0.2, 0.25) is 5.91 Å². The van der Waals surface area contributed by atoms with E-state index < -0.39 is 0 Å². The van der Waals surface area contributed by atoms with Gasteiger partial charge in [-0.1, -0.05) is 0 Å². The zero-order valence-electron chi connectivity index (χ0n) is 18.5. The van der Waals surface area contributed by atoms with Crippen LogP contribution in [0.5, 0.6) is 0 Å². The summed E-state index contributed by atoms with van der Waals surface area (Å²) >= 11 is 0. The van der Waals surface area contributed by atoms with E-state index in [4.69, 9.17) is 0 Å². The van der Waals surface area contributed by atoms with Gasteiger partial charge in [-0.2, -0.15) is 0 Å². The number of nitrogens with one attached hydrogen (secondary N) is 1. The molecule has 0 spiro atoms. The molecule has 160 valence electrons. The first-order chi connectivity index (χ1) is 13.7. The quantitative estimate of drug-likeness (QED) is 0.837. The zero-order chi connectivity index (χ0) is 21.2. The monoisotopic (exact) mass is 401 g/mol. The number of hydrogen-bond acceptors (Lipinski definition) is 5. The van der Waals surface area contributed by atoms with Crippen LogP contribution < -0.4 is 5.32 Å². The molecule has 0 aliphatic carbocycles. The van der Waals surface area contributed by atoms with E-state index in [2.05, 4.69) is 34.2 Å². The third-order valence-corrected chi connectivity index (χ3v) is 6.52. The van der Waals surface area contributed by atoms with E-state index in [-0.39, 0.29) is 17.4 Å². The van der Waals surface area contributed by atoms with Crippen molar-refractivity contribution in [3.05, 3.63) is 22.8 Å². The smallest absolute Gasteiger partial charge is 0.272 e. The molecular formula is C22H35N5O2.